The summed E-state index contributed by atoms with van der Waals surface area (Å²) in [5.74, 6) is 0. The van der Waals surface area contributed by atoms with Crippen molar-refractivity contribution in [3.05, 3.63) is 0 Å². The molecule has 1 nitrogen and oxygen atoms in total. The van der Waals surface area contributed by atoms with Crippen LogP contribution in [0.25, 0.3) is 0 Å². The van der Waals surface area contributed by atoms with Crippen LogP contribution in [-0.2, 0) is 15.0 Å². The maximum atomic E-state index is 4.89. The number of rotatable bonds is 0. The van der Waals surface area contributed by atoms with Gasteiger partial charge >= 0.3 is 41.5 Å². The van der Waals surface area contributed by atoms with Crippen LogP contribution in [0.5, 0.6) is 0 Å². The topological polar surface area (TPSA) is 9.23 Å². The van der Waals surface area contributed by atoms with Crippen molar-refractivity contribution in [3.63, 3.8) is 0 Å². The Kier molecular flexibility index (Phi) is 33.7. The molecule has 0 aliphatic carbocycles. The predicted molar refractivity (Wildman–Crippen MR) is 40.7 cm³/mol. The summed E-state index contributed by atoms with van der Waals surface area (Å²) in [6.45, 7) is 0. The van der Waals surface area contributed by atoms with Gasteiger partial charge in [-0.15, -0.1) is 0 Å². The summed E-state index contributed by atoms with van der Waals surface area (Å²) in [6.07, 6.45) is 0. The van der Waals surface area contributed by atoms with E-state index in [1.807, 2.05) is 0 Å². The van der Waals surface area contributed by atoms with E-state index in [9.17, 15) is 0 Å². The van der Waals surface area contributed by atoms with Crippen LogP contribution in [-0.4, -0.2) is 0 Å². The van der Waals surface area contributed by atoms with Crippen LogP contribution >= 0.6 is 67.5 Å². The Morgan fingerprint density at radius 1 is 1.00 bits per heavy atom. The molecule has 0 unspecified atom stereocenters. The van der Waals surface area contributed by atoms with Crippen molar-refractivity contribution in [1.82, 2.24) is 0 Å². The molecule has 0 aromatic rings. The molecule has 0 aromatic carbocycles. The van der Waals surface area contributed by atoms with Crippen LogP contribution in [0.4, 0.5) is 0 Å². The first-order valence-corrected chi connectivity index (χ1v) is 5.88. The zero-order valence-electron chi connectivity index (χ0n) is 3.15. The quantitative estimate of drug-likeness (QED) is 0.618. The van der Waals surface area contributed by atoms with E-state index in [-0.39, 0.29) is 13.5 Å². The number of hydrogen-bond acceptors (Lipinski definition) is 1. The third-order valence-corrected chi connectivity index (χ3v) is 0. The molecule has 0 spiro atoms. The van der Waals surface area contributed by atoms with E-state index in [4.69, 9.17) is 30.3 Å². The fourth-order valence-corrected chi connectivity index (χ4v) is 0. The molecule has 0 atom stereocenters. The SMILES string of the molecule is ClOCl.S.[Cl][Fe]([Cl])[Cl]. The fourth-order valence-electron chi connectivity index (χ4n) is 0. The minimum atomic E-state index is -1.33. The van der Waals surface area contributed by atoms with E-state index in [1.54, 1.807) is 0 Å². The van der Waals surface area contributed by atoms with Gasteiger partial charge in [-0.2, -0.15) is 17.3 Å². The summed E-state index contributed by atoms with van der Waals surface area (Å²) in [5, 5.41) is 0. The second kappa shape index (κ2) is 16.1. The van der Waals surface area contributed by atoms with E-state index in [2.05, 4.69) is 27.6 Å². The molecule has 0 amide bonds. The van der Waals surface area contributed by atoms with Gasteiger partial charge in [0.05, 0.1) is 23.7 Å². The number of halogens is 5. The van der Waals surface area contributed by atoms with E-state index in [0.29, 0.717) is 0 Å². The van der Waals surface area contributed by atoms with Crippen LogP contribution in [0.2, 0.25) is 0 Å². The third kappa shape index (κ3) is 84.4. The van der Waals surface area contributed by atoms with Crippen LogP contribution < -0.4 is 0 Å². The Bertz CT molecular complexity index is 23.6. The Hall–Kier alpha value is 2.28. The second-order valence-electron chi connectivity index (χ2n) is 0.210. The molecule has 0 rings (SSSR count). The van der Waals surface area contributed by atoms with Gasteiger partial charge in [-0.1, -0.05) is 0 Å². The molecule has 0 radical (unpaired) electrons. The Labute approximate surface area is 81.9 Å². The summed E-state index contributed by atoms with van der Waals surface area (Å²) in [4.78, 5) is 0. The van der Waals surface area contributed by atoms with Gasteiger partial charge in [-0.25, -0.2) is 0 Å². The fraction of sp³-hybridized carbons (Fsp3) is 0. The summed E-state index contributed by atoms with van der Waals surface area (Å²) >= 11 is 7.19. The second-order valence-corrected chi connectivity index (χ2v) is 6.15. The normalized spacial score (nSPS) is 7.88. The zero-order chi connectivity index (χ0) is 6.28. The van der Waals surface area contributed by atoms with Gasteiger partial charge in [0.1, 0.15) is 0 Å². The first-order chi connectivity index (χ1) is 3.15. The van der Waals surface area contributed by atoms with Gasteiger partial charge in [-0.05, 0) is 0 Å². The molecule has 0 saturated heterocycles. The molecular formula is H2Cl5FeOS. The van der Waals surface area contributed by atoms with Crippen LogP contribution in [0.15, 0.2) is 0 Å². The molecule has 8 heteroatoms. The molecule has 8 heavy (non-hydrogen) atoms. The first-order valence-electron chi connectivity index (χ1n) is 0.709. The van der Waals surface area contributed by atoms with Gasteiger partial charge in [0, 0.05) is 0 Å². The van der Waals surface area contributed by atoms with Crippen LogP contribution in [0.1, 0.15) is 0 Å². The standard InChI is InChI=1S/Cl2O.3ClH.Fe.H2S/c1-3-2;;;;;/h;3*1H;;1H2/q;;;;+3;/p-3. The molecule has 0 bridgehead atoms. The van der Waals surface area contributed by atoms with Crippen molar-refractivity contribution in [2.75, 3.05) is 0 Å². The zero-order valence-corrected chi connectivity index (χ0v) is 9.04. The maximum absolute atomic E-state index is 4.89. The summed E-state index contributed by atoms with van der Waals surface area (Å²) in [7, 11) is 14.7. The first kappa shape index (κ1) is 16.7. The van der Waals surface area contributed by atoms with Gasteiger partial charge in [0.15, 0.2) is 0 Å². The molecule has 0 aromatic heterocycles. The Morgan fingerprint density at radius 3 is 1.00 bits per heavy atom. The molecule has 0 aliphatic rings. The van der Waals surface area contributed by atoms with Crippen molar-refractivity contribution >= 4 is 67.5 Å². The van der Waals surface area contributed by atoms with E-state index in [0.717, 1.165) is 0 Å². The molecular weight excluding hydrogens is 281 g/mol. The van der Waals surface area contributed by atoms with Crippen molar-refractivity contribution < 1.29 is 15.0 Å². The Morgan fingerprint density at radius 2 is 1.00 bits per heavy atom. The molecule has 0 heterocycles. The molecule has 0 fully saturated rings. The average molecular weight is 283 g/mol. The monoisotopic (exact) mass is 281 g/mol. The Balaban J connectivity index is -0.0000000575. The van der Waals surface area contributed by atoms with Gasteiger partial charge in [0.25, 0.3) is 0 Å². The van der Waals surface area contributed by atoms with Crippen LogP contribution in [0, 0.1) is 0 Å². The predicted octanol–water partition coefficient (Wildman–Crippen LogP) is 3.49. The molecule has 0 saturated carbocycles. The molecule has 0 aliphatic heterocycles. The molecule has 57 valence electrons. The van der Waals surface area contributed by atoms with Gasteiger partial charge in [0.2, 0.25) is 0 Å². The van der Waals surface area contributed by atoms with E-state index < -0.39 is 11.2 Å². The number of hydrogen-bond donors (Lipinski definition) is 0. The van der Waals surface area contributed by atoms with Gasteiger partial charge < -0.3 is 0 Å². The third-order valence-electron chi connectivity index (χ3n) is 0. The van der Waals surface area contributed by atoms with E-state index in [1.165, 1.54) is 0 Å². The van der Waals surface area contributed by atoms with Crippen molar-refractivity contribution in [2.45, 2.75) is 0 Å². The summed E-state index contributed by atoms with van der Waals surface area (Å²) in [5.41, 5.74) is 0. The minimum absolute atomic E-state index is 0. The average Bonchev–Trinajstić information content (AvgIpc) is 1.33. The van der Waals surface area contributed by atoms with Crippen molar-refractivity contribution in [3.8, 4) is 0 Å². The summed E-state index contributed by atoms with van der Waals surface area (Å²) < 4.78 is 3.19. The van der Waals surface area contributed by atoms with Crippen molar-refractivity contribution in [1.29, 1.82) is 0 Å². The van der Waals surface area contributed by atoms with Crippen molar-refractivity contribution in [2.24, 2.45) is 0 Å². The molecule has 0 N–H and O–H groups in total. The van der Waals surface area contributed by atoms with Gasteiger partial charge in [-0.3, -0.25) is 0 Å². The van der Waals surface area contributed by atoms with E-state index >= 15 is 0 Å². The summed E-state index contributed by atoms with van der Waals surface area (Å²) in [6, 6.07) is 0. The van der Waals surface area contributed by atoms with Crippen LogP contribution in [0.3, 0.4) is 0 Å².